The number of amides is 2. The summed E-state index contributed by atoms with van der Waals surface area (Å²) in [6.45, 7) is 5.86. The van der Waals surface area contributed by atoms with Gasteiger partial charge in [0.2, 0.25) is 17.7 Å². The third kappa shape index (κ3) is 5.16. The Morgan fingerprint density at radius 2 is 1.92 bits per heavy atom. The predicted octanol–water partition coefficient (Wildman–Crippen LogP) is 1.41. The lowest BCUT2D eigenvalue weighted by atomic mass is 10.0. The molecule has 4 N–H and O–H groups in total. The minimum Gasteiger partial charge on any atom is -0.441 e. The third-order valence-electron chi connectivity index (χ3n) is 4.03. The molecule has 1 aromatic heterocycles. The van der Waals surface area contributed by atoms with Gasteiger partial charge in [0, 0.05) is 18.5 Å². The van der Waals surface area contributed by atoms with Crippen LogP contribution >= 0.6 is 0 Å². The van der Waals surface area contributed by atoms with Crippen LogP contribution in [0, 0.1) is 12.8 Å². The van der Waals surface area contributed by atoms with Crippen molar-refractivity contribution >= 4 is 11.8 Å². The van der Waals surface area contributed by atoms with Gasteiger partial charge < -0.3 is 20.8 Å². The Kier molecular flexibility index (Phi) is 6.91. The minimum atomic E-state index is -0.607. The maximum Gasteiger partial charge on any atom is 0.242 e. The molecule has 0 fully saturated rings. The Morgan fingerprint density at radius 1 is 1.23 bits per heavy atom. The predicted molar refractivity (Wildman–Crippen MR) is 99.2 cm³/mol. The van der Waals surface area contributed by atoms with Crippen LogP contribution in [0.3, 0.4) is 0 Å². The lowest BCUT2D eigenvalue weighted by Crippen LogP contribution is -2.51. The van der Waals surface area contributed by atoms with Crippen LogP contribution in [0.4, 0.5) is 0 Å². The van der Waals surface area contributed by atoms with E-state index in [0.29, 0.717) is 18.9 Å². The maximum atomic E-state index is 12.3. The summed E-state index contributed by atoms with van der Waals surface area (Å²) in [5.74, 6) is 0.684. The highest BCUT2D eigenvalue weighted by Crippen LogP contribution is 2.21. The minimum absolute atomic E-state index is 0.0380. The van der Waals surface area contributed by atoms with Crippen molar-refractivity contribution in [2.75, 3.05) is 13.1 Å². The molecule has 0 aliphatic rings. The second-order valence-electron chi connectivity index (χ2n) is 6.42. The first-order valence-corrected chi connectivity index (χ1v) is 8.71. The number of aryl methyl sites for hydroxylation is 1. The van der Waals surface area contributed by atoms with Crippen LogP contribution in [-0.2, 0) is 16.0 Å². The van der Waals surface area contributed by atoms with E-state index >= 15 is 0 Å². The monoisotopic (exact) mass is 358 g/mol. The fourth-order valence-electron chi connectivity index (χ4n) is 2.55. The number of nitrogens with two attached hydrogens (primary N) is 1. The maximum absolute atomic E-state index is 12.3. The second-order valence-corrected chi connectivity index (χ2v) is 6.42. The number of nitrogens with zero attached hydrogens (tertiary/aromatic N) is 1. The number of nitrogens with one attached hydrogen (secondary N) is 2. The van der Waals surface area contributed by atoms with Crippen molar-refractivity contribution < 1.29 is 14.0 Å². The van der Waals surface area contributed by atoms with Crippen LogP contribution in [0.1, 0.15) is 25.3 Å². The lowest BCUT2D eigenvalue weighted by Gasteiger charge is -2.21. The molecule has 1 aromatic carbocycles. The number of carbonyl (C=O) groups is 2. The summed E-state index contributed by atoms with van der Waals surface area (Å²) in [7, 11) is 0. The van der Waals surface area contributed by atoms with Crippen molar-refractivity contribution in [1.29, 1.82) is 0 Å². The Morgan fingerprint density at radius 3 is 2.54 bits per heavy atom. The van der Waals surface area contributed by atoms with Gasteiger partial charge in [-0.25, -0.2) is 4.98 Å². The molecule has 7 heteroatoms. The second kappa shape index (κ2) is 9.15. The average Bonchev–Trinajstić information content (AvgIpc) is 3.00. The van der Waals surface area contributed by atoms with Gasteiger partial charge in [-0.3, -0.25) is 9.59 Å². The summed E-state index contributed by atoms with van der Waals surface area (Å²) in [5, 5.41) is 5.48. The molecule has 0 saturated heterocycles. The first-order chi connectivity index (χ1) is 12.4. The standard InChI is InChI=1S/C19H26N4O3/c1-12(2)17(23-16(24)11-20)18(25)21-10-9-15-13(3)26-19(22-15)14-7-5-4-6-8-14/h4-8,12,17H,9-11,20H2,1-3H3,(H,21,25)(H,23,24)/t17-/m1/s1. The van der Waals surface area contributed by atoms with Gasteiger partial charge in [-0.15, -0.1) is 0 Å². The van der Waals surface area contributed by atoms with Crippen LogP contribution in [-0.4, -0.2) is 35.9 Å². The molecule has 0 aliphatic carbocycles. The molecule has 0 spiro atoms. The van der Waals surface area contributed by atoms with E-state index in [9.17, 15) is 9.59 Å². The van der Waals surface area contributed by atoms with E-state index in [-0.39, 0.29) is 24.3 Å². The number of benzene rings is 1. The zero-order chi connectivity index (χ0) is 19.1. The molecule has 0 bridgehead atoms. The molecule has 2 aromatic rings. The fourth-order valence-corrected chi connectivity index (χ4v) is 2.55. The van der Waals surface area contributed by atoms with Gasteiger partial charge in [-0.05, 0) is 25.0 Å². The number of hydrogen-bond acceptors (Lipinski definition) is 5. The van der Waals surface area contributed by atoms with Crippen molar-refractivity contribution in [2.24, 2.45) is 11.7 Å². The summed E-state index contributed by atoms with van der Waals surface area (Å²) in [6.07, 6.45) is 0.545. The summed E-state index contributed by atoms with van der Waals surface area (Å²) in [5.41, 5.74) is 7.02. The molecule has 1 atom stereocenters. The summed E-state index contributed by atoms with van der Waals surface area (Å²) in [6, 6.07) is 9.05. The Bertz CT molecular complexity index is 740. The van der Waals surface area contributed by atoms with Gasteiger partial charge in [0.15, 0.2) is 0 Å². The van der Waals surface area contributed by atoms with Gasteiger partial charge in [0.1, 0.15) is 11.8 Å². The Labute approximate surface area is 153 Å². The summed E-state index contributed by atoms with van der Waals surface area (Å²) < 4.78 is 5.72. The number of rotatable bonds is 8. The van der Waals surface area contributed by atoms with Crippen LogP contribution in [0.15, 0.2) is 34.7 Å². The molecular formula is C19H26N4O3. The third-order valence-corrected chi connectivity index (χ3v) is 4.03. The molecule has 7 nitrogen and oxygen atoms in total. The highest BCUT2D eigenvalue weighted by Gasteiger charge is 2.23. The summed E-state index contributed by atoms with van der Waals surface area (Å²) >= 11 is 0. The van der Waals surface area contributed by atoms with Gasteiger partial charge in [0.25, 0.3) is 0 Å². The number of aromatic nitrogens is 1. The van der Waals surface area contributed by atoms with Crippen molar-refractivity contribution in [3.8, 4) is 11.5 Å². The molecule has 0 radical (unpaired) electrons. The first kappa shape index (κ1) is 19.7. The zero-order valence-corrected chi connectivity index (χ0v) is 15.4. The SMILES string of the molecule is Cc1oc(-c2ccccc2)nc1CCNC(=O)[C@H](NC(=O)CN)C(C)C. The van der Waals surface area contributed by atoms with Gasteiger partial charge >= 0.3 is 0 Å². The Hall–Kier alpha value is -2.67. The Balaban J connectivity index is 1.93. The molecule has 2 rings (SSSR count). The molecule has 2 amide bonds. The first-order valence-electron chi connectivity index (χ1n) is 8.71. The topological polar surface area (TPSA) is 110 Å². The number of oxazole rings is 1. The average molecular weight is 358 g/mol. The molecule has 140 valence electrons. The van der Waals surface area contributed by atoms with Gasteiger partial charge in [-0.1, -0.05) is 32.0 Å². The summed E-state index contributed by atoms with van der Waals surface area (Å²) in [4.78, 5) is 28.3. The molecule has 0 unspecified atom stereocenters. The number of hydrogen-bond donors (Lipinski definition) is 3. The zero-order valence-electron chi connectivity index (χ0n) is 15.4. The molecule has 0 saturated carbocycles. The van der Waals surface area contributed by atoms with E-state index in [1.54, 1.807) is 0 Å². The largest absolute Gasteiger partial charge is 0.441 e. The van der Waals surface area contributed by atoms with Crippen molar-refractivity contribution in [3.63, 3.8) is 0 Å². The normalized spacial score (nSPS) is 12.0. The van der Waals surface area contributed by atoms with E-state index in [0.717, 1.165) is 17.0 Å². The molecular weight excluding hydrogens is 332 g/mol. The highest BCUT2D eigenvalue weighted by atomic mass is 16.4. The van der Waals surface area contributed by atoms with Crippen LogP contribution in [0.25, 0.3) is 11.5 Å². The van der Waals surface area contributed by atoms with Crippen molar-refractivity contribution in [2.45, 2.75) is 33.2 Å². The van der Waals surface area contributed by atoms with E-state index in [2.05, 4.69) is 15.6 Å². The van der Waals surface area contributed by atoms with Crippen LogP contribution in [0.5, 0.6) is 0 Å². The van der Waals surface area contributed by atoms with E-state index in [4.69, 9.17) is 10.2 Å². The lowest BCUT2D eigenvalue weighted by molar-refractivity contribution is -0.129. The van der Waals surface area contributed by atoms with E-state index in [1.165, 1.54) is 0 Å². The fraction of sp³-hybridized carbons (Fsp3) is 0.421. The molecule has 26 heavy (non-hydrogen) atoms. The number of carbonyl (C=O) groups excluding carboxylic acids is 2. The van der Waals surface area contributed by atoms with Gasteiger partial charge in [0.05, 0.1) is 12.2 Å². The molecule has 1 heterocycles. The van der Waals surface area contributed by atoms with E-state index in [1.807, 2.05) is 51.1 Å². The van der Waals surface area contributed by atoms with Gasteiger partial charge in [-0.2, -0.15) is 0 Å². The van der Waals surface area contributed by atoms with E-state index < -0.39 is 6.04 Å². The van der Waals surface area contributed by atoms with Crippen molar-refractivity contribution in [1.82, 2.24) is 15.6 Å². The quantitative estimate of drug-likeness (QED) is 0.661. The molecule has 0 aliphatic heterocycles. The van der Waals surface area contributed by atoms with Crippen LogP contribution < -0.4 is 16.4 Å². The van der Waals surface area contributed by atoms with Crippen molar-refractivity contribution in [3.05, 3.63) is 41.8 Å². The van der Waals surface area contributed by atoms with Crippen LogP contribution in [0.2, 0.25) is 0 Å². The smallest absolute Gasteiger partial charge is 0.242 e. The highest BCUT2D eigenvalue weighted by molar-refractivity contribution is 5.88.